The van der Waals surface area contributed by atoms with E-state index < -0.39 is 11.9 Å². The van der Waals surface area contributed by atoms with Gasteiger partial charge in [0.05, 0.1) is 15.6 Å². The van der Waals surface area contributed by atoms with E-state index in [4.69, 9.17) is 4.74 Å². The van der Waals surface area contributed by atoms with Crippen molar-refractivity contribution < 1.29 is 19.4 Å². The van der Waals surface area contributed by atoms with Crippen LogP contribution in [-0.4, -0.2) is 21.6 Å². The fourth-order valence-corrected chi connectivity index (χ4v) is 3.84. The molecule has 0 saturated heterocycles. The molecule has 118 valence electrons. The highest BCUT2D eigenvalue weighted by molar-refractivity contribution is 9.10. The van der Waals surface area contributed by atoms with E-state index in [1.165, 1.54) is 6.92 Å². The zero-order valence-corrected chi connectivity index (χ0v) is 15.5. The van der Waals surface area contributed by atoms with Gasteiger partial charge in [0.1, 0.15) is 5.75 Å². The van der Waals surface area contributed by atoms with Gasteiger partial charge in [0.2, 0.25) is 0 Å². The van der Waals surface area contributed by atoms with Gasteiger partial charge in [-0.3, -0.25) is 4.79 Å². The summed E-state index contributed by atoms with van der Waals surface area (Å²) in [5.74, 6) is -1.05. The minimum atomic E-state index is -0.995. The first-order valence-electron chi connectivity index (χ1n) is 6.63. The molecule has 7 heteroatoms. The Balaban J connectivity index is 2.99. The van der Waals surface area contributed by atoms with Gasteiger partial charge in [0.25, 0.3) is 0 Å². The highest BCUT2D eigenvalue weighted by Crippen LogP contribution is 2.40. The Morgan fingerprint density at radius 1 is 1.41 bits per heavy atom. The third-order valence-electron chi connectivity index (χ3n) is 3.56. The summed E-state index contributed by atoms with van der Waals surface area (Å²) >= 11 is 6.76. The number of carbonyl (C=O) groups excluding carboxylic acids is 1. The molecule has 0 fully saturated rings. The highest BCUT2D eigenvalue weighted by Gasteiger charge is 2.25. The van der Waals surface area contributed by atoms with Crippen LogP contribution in [0.2, 0.25) is 0 Å². The van der Waals surface area contributed by atoms with Gasteiger partial charge in [0.15, 0.2) is 0 Å². The number of aromatic carboxylic acids is 1. The van der Waals surface area contributed by atoms with Gasteiger partial charge in [-0.05, 0) is 28.4 Å². The second-order valence-electron chi connectivity index (χ2n) is 4.83. The standard InChI is InChI=1S/C15H15Br2NO4/c1-4-8-12-10(5-9(17)14(8)22-7(2)19)18(3)11(6-16)13(12)15(20)21/h5H,4,6H2,1-3H3,(H,20,21). The molecule has 5 nitrogen and oxygen atoms in total. The van der Waals surface area contributed by atoms with Gasteiger partial charge in [0, 0.05) is 35.9 Å². The molecule has 0 aliphatic rings. The number of carbonyl (C=O) groups is 2. The van der Waals surface area contributed by atoms with Crippen molar-refractivity contribution in [2.75, 3.05) is 0 Å². The lowest BCUT2D eigenvalue weighted by atomic mass is 10.0. The number of aromatic nitrogens is 1. The van der Waals surface area contributed by atoms with Crippen molar-refractivity contribution in [3.05, 3.63) is 27.4 Å². The summed E-state index contributed by atoms with van der Waals surface area (Å²) in [6.45, 7) is 3.23. The first-order chi connectivity index (χ1) is 10.3. The maximum Gasteiger partial charge on any atom is 0.338 e. The maximum atomic E-state index is 11.7. The number of rotatable bonds is 4. The predicted molar refractivity (Wildman–Crippen MR) is 90.9 cm³/mol. The Kier molecular flexibility index (Phi) is 4.97. The van der Waals surface area contributed by atoms with E-state index >= 15 is 0 Å². The Hall–Kier alpha value is -1.34. The van der Waals surface area contributed by atoms with Gasteiger partial charge in [-0.2, -0.15) is 0 Å². The lowest BCUT2D eigenvalue weighted by Gasteiger charge is -2.12. The largest absolute Gasteiger partial charge is 0.478 e. The van der Waals surface area contributed by atoms with Gasteiger partial charge >= 0.3 is 11.9 Å². The second-order valence-corrected chi connectivity index (χ2v) is 6.24. The van der Waals surface area contributed by atoms with Crippen molar-refractivity contribution in [1.82, 2.24) is 4.57 Å². The van der Waals surface area contributed by atoms with Crippen LogP contribution in [-0.2, 0) is 23.6 Å². The first kappa shape index (κ1) is 17.0. The molecular formula is C15H15Br2NO4. The Morgan fingerprint density at radius 3 is 2.50 bits per heavy atom. The molecule has 0 bridgehead atoms. The number of benzene rings is 1. The van der Waals surface area contributed by atoms with E-state index in [-0.39, 0.29) is 5.56 Å². The normalized spacial score (nSPS) is 11.0. The van der Waals surface area contributed by atoms with Crippen LogP contribution in [0.25, 0.3) is 10.9 Å². The van der Waals surface area contributed by atoms with Crippen LogP contribution in [0.15, 0.2) is 10.5 Å². The quantitative estimate of drug-likeness (QED) is 0.450. The molecule has 2 rings (SSSR count). The smallest absolute Gasteiger partial charge is 0.338 e. The Bertz CT molecular complexity index is 780. The fourth-order valence-electron chi connectivity index (χ4n) is 2.65. The van der Waals surface area contributed by atoms with E-state index in [1.54, 1.807) is 6.07 Å². The number of aryl methyl sites for hydroxylation is 2. The molecular weight excluding hydrogens is 418 g/mol. The average Bonchev–Trinajstić information content (AvgIpc) is 2.72. The maximum absolute atomic E-state index is 11.7. The van der Waals surface area contributed by atoms with Crippen LogP contribution in [0.5, 0.6) is 5.75 Å². The van der Waals surface area contributed by atoms with Crippen LogP contribution < -0.4 is 4.74 Å². The summed E-state index contributed by atoms with van der Waals surface area (Å²) in [6, 6.07) is 1.78. The van der Waals surface area contributed by atoms with E-state index in [2.05, 4.69) is 31.9 Å². The summed E-state index contributed by atoms with van der Waals surface area (Å²) in [5.41, 5.74) is 2.41. The number of fused-ring (bicyclic) bond motifs is 1. The number of carboxylic acid groups (broad SMARTS) is 1. The highest BCUT2D eigenvalue weighted by atomic mass is 79.9. The monoisotopic (exact) mass is 431 g/mol. The lowest BCUT2D eigenvalue weighted by Crippen LogP contribution is -2.06. The van der Waals surface area contributed by atoms with Crippen molar-refractivity contribution >= 4 is 54.7 Å². The molecule has 22 heavy (non-hydrogen) atoms. The summed E-state index contributed by atoms with van der Waals surface area (Å²) < 4.78 is 7.77. The molecule has 0 radical (unpaired) electrons. The SMILES string of the molecule is CCc1c(OC(C)=O)c(Br)cc2c1c(C(=O)O)c(CBr)n2C. The van der Waals surface area contributed by atoms with E-state index in [0.29, 0.717) is 38.6 Å². The first-order valence-corrected chi connectivity index (χ1v) is 8.55. The van der Waals surface area contributed by atoms with E-state index in [0.717, 1.165) is 5.52 Å². The van der Waals surface area contributed by atoms with Crippen molar-refractivity contribution in [2.24, 2.45) is 7.05 Å². The summed E-state index contributed by atoms with van der Waals surface area (Å²) in [6.07, 6.45) is 0.546. The molecule has 2 aromatic rings. The number of hydrogen-bond acceptors (Lipinski definition) is 3. The molecule has 0 amide bonds. The fraction of sp³-hybridized carbons (Fsp3) is 0.333. The zero-order valence-electron chi connectivity index (χ0n) is 12.4. The molecule has 0 aliphatic heterocycles. The van der Waals surface area contributed by atoms with Crippen LogP contribution in [0.1, 0.15) is 35.5 Å². The summed E-state index contributed by atoms with van der Waals surface area (Å²) in [4.78, 5) is 23.1. The summed E-state index contributed by atoms with van der Waals surface area (Å²) in [5, 5.41) is 10.7. The van der Waals surface area contributed by atoms with Crippen molar-refractivity contribution in [3.8, 4) is 5.75 Å². The number of alkyl halides is 1. The second kappa shape index (κ2) is 6.42. The summed E-state index contributed by atoms with van der Waals surface area (Å²) in [7, 11) is 1.82. The molecule has 1 aromatic carbocycles. The van der Waals surface area contributed by atoms with E-state index in [9.17, 15) is 14.7 Å². The molecule has 1 N–H and O–H groups in total. The van der Waals surface area contributed by atoms with Gasteiger partial charge in [-0.25, -0.2) is 4.79 Å². The molecule has 0 unspecified atom stereocenters. The van der Waals surface area contributed by atoms with Crippen molar-refractivity contribution in [2.45, 2.75) is 25.6 Å². The Labute approximate surface area is 144 Å². The van der Waals surface area contributed by atoms with E-state index in [1.807, 2.05) is 18.5 Å². The molecule has 1 aromatic heterocycles. The van der Waals surface area contributed by atoms with Crippen LogP contribution >= 0.6 is 31.9 Å². The van der Waals surface area contributed by atoms with Gasteiger partial charge in [-0.1, -0.05) is 22.9 Å². The predicted octanol–water partition coefficient (Wildman–Crippen LogP) is 4.02. The average molecular weight is 433 g/mol. The molecule has 0 aliphatic carbocycles. The Morgan fingerprint density at radius 2 is 2.05 bits per heavy atom. The lowest BCUT2D eigenvalue weighted by molar-refractivity contribution is -0.131. The van der Waals surface area contributed by atoms with Gasteiger partial charge in [-0.15, -0.1) is 0 Å². The molecule has 0 atom stereocenters. The zero-order chi connectivity index (χ0) is 16.6. The minimum absolute atomic E-state index is 0.243. The van der Waals surface area contributed by atoms with Crippen LogP contribution in [0.3, 0.4) is 0 Å². The van der Waals surface area contributed by atoms with Crippen molar-refractivity contribution in [3.63, 3.8) is 0 Å². The topological polar surface area (TPSA) is 68.5 Å². The number of hydrogen-bond donors (Lipinski definition) is 1. The third kappa shape index (κ3) is 2.67. The van der Waals surface area contributed by atoms with Gasteiger partial charge < -0.3 is 14.4 Å². The number of esters is 1. The number of nitrogens with zero attached hydrogens (tertiary/aromatic N) is 1. The number of ether oxygens (including phenoxy) is 1. The number of halogens is 2. The molecule has 0 saturated carbocycles. The third-order valence-corrected chi connectivity index (χ3v) is 4.68. The molecule has 1 heterocycles. The van der Waals surface area contributed by atoms with Crippen LogP contribution in [0.4, 0.5) is 0 Å². The van der Waals surface area contributed by atoms with Crippen LogP contribution in [0, 0.1) is 0 Å². The number of carboxylic acids is 1. The minimum Gasteiger partial charge on any atom is -0.478 e. The molecule has 0 spiro atoms. The van der Waals surface area contributed by atoms with Crippen molar-refractivity contribution in [1.29, 1.82) is 0 Å².